The normalized spacial score (nSPS) is 10.5. The summed E-state index contributed by atoms with van der Waals surface area (Å²) in [5.74, 6) is 0.0961. The van der Waals surface area contributed by atoms with Gasteiger partial charge in [-0.25, -0.2) is 0 Å². The molecule has 0 radical (unpaired) electrons. The van der Waals surface area contributed by atoms with E-state index in [-0.39, 0.29) is 12.4 Å². The quantitative estimate of drug-likeness (QED) is 0.769. The zero-order chi connectivity index (χ0) is 10.0. The Hall–Kier alpha value is -0.730. The average Bonchev–Trinajstić information content (AvgIpc) is 2.11. The van der Waals surface area contributed by atoms with E-state index in [1.165, 1.54) is 0 Å². The molecule has 0 aliphatic rings. The third-order valence-corrected chi connectivity index (χ3v) is 2.67. The van der Waals surface area contributed by atoms with Gasteiger partial charge < -0.3 is 10.2 Å². The van der Waals surface area contributed by atoms with Gasteiger partial charge in [0.25, 0.3) is 0 Å². The zero-order valence-corrected chi connectivity index (χ0v) is 8.52. The fourth-order valence-electron chi connectivity index (χ4n) is 1.24. The first kappa shape index (κ1) is 10.4. The SMILES string of the molecule is Cc1cc(CCO)c(O)c(Cl)c1C. The Bertz CT molecular complexity index is 321. The molecule has 13 heavy (non-hydrogen) atoms. The number of phenols is 1. The highest BCUT2D eigenvalue weighted by Gasteiger charge is 2.10. The average molecular weight is 201 g/mol. The fourth-order valence-corrected chi connectivity index (χ4v) is 1.51. The summed E-state index contributed by atoms with van der Waals surface area (Å²) in [7, 11) is 0. The number of aryl methyl sites for hydroxylation is 1. The van der Waals surface area contributed by atoms with Crippen LogP contribution < -0.4 is 0 Å². The van der Waals surface area contributed by atoms with Crippen LogP contribution in [0.15, 0.2) is 6.07 Å². The second-order valence-electron chi connectivity index (χ2n) is 3.11. The molecule has 0 spiro atoms. The van der Waals surface area contributed by atoms with Crippen molar-refractivity contribution in [1.82, 2.24) is 0 Å². The van der Waals surface area contributed by atoms with Gasteiger partial charge in [0.2, 0.25) is 0 Å². The highest BCUT2D eigenvalue weighted by atomic mass is 35.5. The van der Waals surface area contributed by atoms with Gasteiger partial charge in [-0.15, -0.1) is 0 Å². The summed E-state index contributed by atoms with van der Waals surface area (Å²) in [4.78, 5) is 0. The standard InChI is InChI=1S/C10H13ClO2/c1-6-5-8(3-4-12)10(13)9(11)7(6)2/h5,12-13H,3-4H2,1-2H3. The number of hydrogen-bond acceptors (Lipinski definition) is 2. The second-order valence-corrected chi connectivity index (χ2v) is 3.49. The Morgan fingerprint density at radius 1 is 1.38 bits per heavy atom. The predicted octanol–water partition coefficient (Wildman–Crippen LogP) is 2.20. The van der Waals surface area contributed by atoms with Gasteiger partial charge in [-0.05, 0) is 37.0 Å². The number of aliphatic hydroxyl groups excluding tert-OH is 1. The topological polar surface area (TPSA) is 40.5 Å². The summed E-state index contributed by atoms with van der Waals surface area (Å²) in [6, 6.07) is 1.85. The smallest absolute Gasteiger partial charge is 0.137 e. The Morgan fingerprint density at radius 3 is 2.54 bits per heavy atom. The van der Waals surface area contributed by atoms with E-state index in [0.29, 0.717) is 17.0 Å². The van der Waals surface area contributed by atoms with E-state index < -0.39 is 0 Å². The fraction of sp³-hybridized carbons (Fsp3) is 0.400. The monoisotopic (exact) mass is 200 g/mol. The maximum absolute atomic E-state index is 9.59. The molecule has 0 unspecified atom stereocenters. The van der Waals surface area contributed by atoms with Crippen LogP contribution in [0, 0.1) is 13.8 Å². The van der Waals surface area contributed by atoms with Crippen LogP contribution in [0.1, 0.15) is 16.7 Å². The lowest BCUT2D eigenvalue weighted by molar-refractivity contribution is 0.297. The third-order valence-electron chi connectivity index (χ3n) is 2.20. The third kappa shape index (κ3) is 1.95. The van der Waals surface area contributed by atoms with Crippen LogP contribution in [-0.2, 0) is 6.42 Å². The lowest BCUT2D eigenvalue weighted by Crippen LogP contribution is -1.95. The van der Waals surface area contributed by atoms with Crippen LogP contribution in [-0.4, -0.2) is 16.8 Å². The molecule has 0 saturated heterocycles. The number of benzene rings is 1. The molecule has 0 saturated carbocycles. The van der Waals surface area contributed by atoms with Crippen molar-refractivity contribution in [3.05, 3.63) is 27.8 Å². The molecule has 2 nitrogen and oxygen atoms in total. The van der Waals surface area contributed by atoms with Crippen molar-refractivity contribution in [2.45, 2.75) is 20.3 Å². The molecule has 0 fully saturated rings. The van der Waals surface area contributed by atoms with Crippen LogP contribution in [0.4, 0.5) is 0 Å². The van der Waals surface area contributed by atoms with Crippen LogP contribution >= 0.6 is 11.6 Å². The highest BCUT2D eigenvalue weighted by molar-refractivity contribution is 6.33. The maximum atomic E-state index is 9.59. The molecule has 0 aliphatic carbocycles. The van der Waals surface area contributed by atoms with E-state index in [1.54, 1.807) is 0 Å². The van der Waals surface area contributed by atoms with Crippen LogP contribution in [0.2, 0.25) is 5.02 Å². The van der Waals surface area contributed by atoms with Crippen molar-refractivity contribution in [2.24, 2.45) is 0 Å². The van der Waals surface area contributed by atoms with Gasteiger partial charge in [-0.1, -0.05) is 17.7 Å². The van der Waals surface area contributed by atoms with E-state index in [9.17, 15) is 5.11 Å². The molecule has 0 aromatic heterocycles. The van der Waals surface area contributed by atoms with Gasteiger partial charge >= 0.3 is 0 Å². The first-order chi connectivity index (χ1) is 6.07. The number of rotatable bonds is 2. The Morgan fingerprint density at radius 2 is 2.00 bits per heavy atom. The van der Waals surface area contributed by atoms with Gasteiger partial charge in [0, 0.05) is 6.61 Å². The lowest BCUT2D eigenvalue weighted by atomic mass is 10.0. The van der Waals surface area contributed by atoms with Crippen LogP contribution in [0.3, 0.4) is 0 Å². The molecular weight excluding hydrogens is 188 g/mol. The summed E-state index contributed by atoms with van der Waals surface area (Å²) in [5.41, 5.74) is 2.63. The second kappa shape index (κ2) is 3.99. The molecule has 2 N–H and O–H groups in total. The summed E-state index contributed by atoms with van der Waals surface area (Å²) < 4.78 is 0. The van der Waals surface area contributed by atoms with Crippen molar-refractivity contribution in [3.63, 3.8) is 0 Å². The molecule has 0 atom stereocenters. The van der Waals surface area contributed by atoms with Crippen LogP contribution in [0.25, 0.3) is 0 Å². The van der Waals surface area contributed by atoms with Crippen molar-refractivity contribution in [3.8, 4) is 5.75 Å². The molecule has 0 heterocycles. The van der Waals surface area contributed by atoms with Crippen molar-refractivity contribution in [2.75, 3.05) is 6.61 Å². The van der Waals surface area contributed by atoms with E-state index in [1.807, 2.05) is 19.9 Å². The van der Waals surface area contributed by atoms with E-state index in [2.05, 4.69) is 0 Å². The van der Waals surface area contributed by atoms with Crippen molar-refractivity contribution >= 4 is 11.6 Å². The van der Waals surface area contributed by atoms with E-state index in [4.69, 9.17) is 16.7 Å². The summed E-state index contributed by atoms with van der Waals surface area (Å²) in [6.07, 6.45) is 0.437. The van der Waals surface area contributed by atoms with Gasteiger partial charge in [-0.2, -0.15) is 0 Å². The van der Waals surface area contributed by atoms with E-state index in [0.717, 1.165) is 11.1 Å². The molecular formula is C10H13ClO2. The minimum Gasteiger partial charge on any atom is -0.506 e. The molecule has 72 valence electrons. The summed E-state index contributed by atoms with van der Waals surface area (Å²) in [6.45, 7) is 3.81. The minimum atomic E-state index is 0.0202. The molecule has 0 amide bonds. The molecule has 1 rings (SSSR count). The highest BCUT2D eigenvalue weighted by Crippen LogP contribution is 2.32. The van der Waals surface area contributed by atoms with Gasteiger partial charge in [0.1, 0.15) is 5.75 Å². The zero-order valence-electron chi connectivity index (χ0n) is 7.76. The number of aliphatic hydroxyl groups is 1. The van der Waals surface area contributed by atoms with Crippen LogP contribution in [0.5, 0.6) is 5.75 Å². The summed E-state index contributed by atoms with van der Waals surface area (Å²) >= 11 is 5.89. The number of phenolic OH excluding ortho intramolecular Hbond substituents is 1. The minimum absolute atomic E-state index is 0.0202. The Kier molecular flexibility index (Phi) is 3.17. The Balaban J connectivity index is 3.24. The number of halogens is 1. The molecule has 0 bridgehead atoms. The largest absolute Gasteiger partial charge is 0.506 e. The molecule has 0 aliphatic heterocycles. The van der Waals surface area contributed by atoms with Gasteiger partial charge in [0.15, 0.2) is 0 Å². The number of hydrogen-bond donors (Lipinski definition) is 2. The molecule has 1 aromatic carbocycles. The van der Waals surface area contributed by atoms with Crippen molar-refractivity contribution in [1.29, 1.82) is 0 Å². The maximum Gasteiger partial charge on any atom is 0.137 e. The first-order valence-corrected chi connectivity index (χ1v) is 4.54. The Labute approximate surface area is 82.8 Å². The lowest BCUT2D eigenvalue weighted by Gasteiger charge is -2.10. The van der Waals surface area contributed by atoms with E-state index >= 15 is 0 Å². The van der Waals surface area contributed by atoms with Gasteiger partial charge in [0.05, 0.1) is 5.02 Å². The summed E-state index contributed by atoms with van der Waals surface area (Å²) in [5, 5.41) is 18.7. The predicted molar refractivity (Wildman–Crippen MR) is 53.4 cm³/mol. The number of aromatic hydroxyl groups is 1. The van der Waals surface area contributed by atoms with Crippen molar-refractivity contribution < 1.29 is 10.2 Å². The molecule has 3 heteroatoms. The van der Waals surface area contributed by atoms with Gasteiger partial charge in [-0.3, -0.25) is 0 Å². The molecule has 1 aromatic rings. The first-order valence-electron chi connectivity index (χ1n) is 4.16.